The van der Waals surface area contributed by atoms with Gasteiger partial charge >= 0.3 is 4.87 Å². The molecule has 1 saturated heterocycles. The quantitative estimate of drug-likeness (QED) is 0.169. The lowest BCUT2D eigenvalue weighted by Crippen LogP contribution is -2.42. The van der Waals surface area contributed by atoms with E-state index in [4.69, 9.17) is 9.47 Å². The number of hydrogen-bond acceptors (Lipinski definition) is 8. The highest BCUT2D eigenvalue weighted by Crippen LogP contribution is 2.68. The van der Waals surface area contributed by atoms with E-state index in [0.29, 0.717) is 29.5 Å². The van der Waals surface area contributed by atoms with E-state index in [1.54, 1.807) is 17.8 Å². The Hall–Kier alpha value is -4.94. The van der Waals surface area contributed by atoms with Crippen LogP contribution in [-0.4, -0.2) is 41.2 Å². The van der Waals surface area contributed by atoms with Gasteiger partial charge in [-0.25, -0.2) is 4.39 Å². The number of nitrogens with one attached hydrogen (secondary N) is 2. The number of aromatic amines is 1. The smallest absolute Gasteiger partial charge is 0.305 e. The van der Waals surface area contributed by atoms with E-state index in [0.717, 1.165) is 32.7 Å². The van der Waals surface area contributed by atoms with E-state index < -0.39 is 17.7 Å². The fourth-order valence-electron chi connectivity index (χ4n) is 8.95. The molecular formula is C39H32FN3O6S2. The number of hydrogen-bond donors (Lipinski definition) is 2. The molecule has 12 heteroatoms. The van der Waals surface area contributed by atoms with Crippen LogP contribution in [0.25, 0.3) is 10.8 Å². The Morgan fingerprint density at radius 2 is 1.67 bits per heavy atom. The largest absolute Gasteiger partial charge is 0.490 e. The first-order valence-corrected chi connectivity index (χ1v) is 18.7. The number of thioether (sulfide) groups is 1. The number of nitrogens with zero attached hydrogens (tertiary/aromatic N) is 1. The Morgan fingerprint density at radius 1 is 0.902 bits per heavy atom. The molecule has 2 N–H and O–H groups in total. The Morgan fingerprint density at radius 3 is 2.45 bits per heavy atom. The lowest BCUT2D eigenvalue weighted by molar-refractivity contribution is -0.123. The molecule has 2 bridgehead atoms. The Bertz CT molecular complexity index is 2290. The summed E-state index contributed by atoms with van der Waals surface area (Å²) in [6.45, 7) is 2.01. The third kappa shape index (κ3) is 5.26. The average Bonchev–Trinajstić information content (AvgIpc) is 3.87. The van der Waals surface area contributed by atoms with Crippen LogP contribution < -0.4 is 24.6 Å². The van der Waals surface area contributed by atoms with Gasteiger partial charge in [-0.2, -0.15) is 0 Å². The summed E-state index contributed by atoms with van der Waals surface area (Å²) >= 11 is 2.79. The number of halogens is 1. The van der Waals surface area contributed by atoms with Crippen molar-refractivity contribution in [3.05, 3.63) is 111 Å². The molecule has 0 spiro atoms. The van der Waals surface area contributed by atoms with E-state index in [1.165, 1.54) is 40.5 Å². The molecule has 2 saturated carbocycles. The average molecular weight is 722 g/mol. The first-order valence-electron chi connectivity index (χ1n) is 17.0. The van der Waals surface area contributed by atoms with Crippen LogP contribution in [0.3, 0.4) is 0 Å². The van der Waals surface area contributed by atoms with Crippen LogP contribution in [0.1, 0.15) is 29.7 Å². The normalized spacial score (nSPS) is 25.8. The predicted octanol–water partition coefficient (Wildman–Crippen LogP) is 6.82. The fourth-order valence-corrected chi connectivity index (χ4v) is 11.8. The lowest BCUT2D eigenvalue weighted by atomic mass is 9.68. The van der Waals surface area contributed by atoms with E-state index >= 15 is 0 Å². The van der Waals surface area contributed by atoms with E-state index in [-0.39, 0.29) is 58.1 Å². The number of imide groups is 1. The maximum Gasteiger partial charge on any atom is 0.305 e. The molecule has 1 aromatic heterocycles. The first kappa shape index (κ1) is 32.0. The topological polar surface area (TPSA) is 118 Å². The summed E-state index contributed by atoms with van der Waals surface area (Å²) in [5.41, 5.74) is 1.97. The van der Waals surface area contributed by atoms with Crippen molar-refractivity contribution in [3.8, 4) is 11.5 Å². The molecule has 4 aliphatic rings. The van der Waals surface area contributed by atoms with Crippen LogP contribution in [0.15, 0.2) is 94.7 Å². The van der Waals surface area contributed by atoms with Gasteiger partial charge in [-0.05, 0) is 96.0 Å². The molecule has 4 aromatic carbocycles. The van der Waals surface area contributed by atoms with Crippen molar-refractivity contribution in [2.45, 2.75) is 29.5 Å². The van der Waals surface area contributed by atoms with Gasteiger partial charge in [0.2, 0.25) is 11.8 Å². The first-order chi connectivity index (χ1) is 24.8. The zero-order valence-electron chi connectivity index (χ0n) is 27.3. The molecule has 3 amide bonds. The van der Waals surface area contributed by atoms with Gasteiger partial charge < -0.3 is 19.8 Å². The summed E-state index contributed by atoms with van der Waals surface area (Å²) in [4.78, 5) is 58.6. The van der Waals surface area contributed by atoms with Crippen molar-refractivity contribution in [1.82, 2.24) is 4.98 Å². The number of amides is 3. The molecule has 51 heavy (non-hydrogen) atoms. The molecule has 2 aliphatic heterocycles. The Labute approximate surface area is 300 Å². The third-order valence-corrected chi connectivity index (χ3v) is 13.4. The summed E-state index contributed by atoms with van der Waals surface area (Å²) in [5, 5.41) is 5.81. The van der Waals surface area contributed by atoms with Crippen molar-refractivity contribution in [3.63, 3.8) is 0 Å². The second kappa shape index (κ2) is 12.4. The maximum absolute atomic E-state index is 14.0. The molecule has 9 rings (SSSR count). The third-order valence-electron chi connectivity index (χ3n) is 10.8. The number of aromatic nitrogens is 1. The predicted molar refractivity (Wildman–Crippen MR) is 193 cm³/mol. The van der Waals surface area contributed by atoms with Gasteiger partial charge in [0, 0.05) is 21.7 Å². The number of rotatable bonds is 8. The standard InChI is InChI=1S/C39H32FN3O6S2/c1-2-48-28-16-21(8-14-27(28)49-18-29(44)41-23-11-7-19-5-3-4-6-20(19)15-23)30-31-25-17-26(34(31)50-36-35(30)51-39(47)42-36)33-32(25)37(45)43(38(33)46)24-12-9-22(40)10-13-24/h3-16,25-26,30-34H,2,17-18H2,1H3,(H,41,44)(H,42,47)/t25?,26?,30-,31?,32?,33?,34?/m1/s1. The number of carbonyl (C=O) groups is 3. The number of anilines is 2. The van der Waals surface area contributed by atoms with Crippen molar-refractivity contribution in [2.24, 2.45) is 29.6 Å². The van der Waals surface area contributed by atoms with Crippen LogP contribution >= 0.6 is 23.1 Å². The highest BCUT2D eigenvalue weighted by atomic mass is 32.2. The van der Waals surface area contributed by atoms with Gasteiger partial charge in [0.05, 0.1) is 29.2 Å². The molecular weight excluding hydrogens is 690 g/mol. The molecule has 258 valence electrons. The summed E-state index contributed by atoms with van der Waals surface area (Å²) in [5.74, 6) is -1.63. The Balaban J connectivity index is 1.00. The molecule has 9 nitrogen and oxygen atoms in total. The second-order valence-electron chi connectivity index (χ2n) is 13.5. The fraction of sp³-hybridized carbons (Fsp3) is 0.282. The monoisotopic (exact) mass is 721 g/mol. The van der Waals surface area contributed by atoms with Crippen LogP contribution in [0.2, 0.25) is 0 Å². The number of carbonyl (C=O) groups excluding carboxylic acids is 3. The van der Waals surface area contributed by atoms with E-state index in [1.807, 2.05) is 61.5 Å². The summed E-state index contributed by atoms with van der Waals surface area (Å²) < 4.78 is 25.8. The van der Waals surface area contributed by atoms with Gasteiger partial charge in [0.15, 0.2) is 18.1 Å². The van der Waals surface area contributed by atoms with Crippen molar-refractivity contribution < 1.29 is 28.2 Å². The van der Waals surface area contributed by atoms with Gasteiger partial charge in [0.25, 0.3) is 5.91 Å². The summed E-state index contributed by atoms with van der Waals surface area (Å²) in [6, 6.07) is 24.8. The molecule has 5 aromatic rings. The van der Waals surface area contributed by atoms with Crippen LogP contribution in [0, 0.1) is 35.4 Å². The zero-order valence-corrected chi connectivity index (χ0v) is 29.0. The maximum atomic E-state index is 14.0. The van der Waals surface area contributed by atoms with Gasteiger partial charge in [-0.15, -0.1) is 11.8 Å². The van der Waals surface area contributed by atoms with Gasteiger partial charge in [-0.3, -0.25) is 24.1 Å². The molecule has 2 aliphatic carbocycles. The highest BCUT2D eigenvalue weighted by molar-refractivity contribution is 8.00. The van der Waals surface area contributed by atoms with Crippen LogP contribution in [0.5, 0.6) is 11.5 Å². The van der Waals surface area contributed by atoms with Gasteiger partial charge in [-0.1, -0.05) is 47.7 Å². The second-order valence-corrected chi connectivity index (χ2v) is 15.7. The SMILES string of the molecule is CCOc1cc([C@H]2c3sc(=O)[nH]c3SC3C4CC(C5C(=O)N(c6ccc(F)cc6)C(=O)C45)C32)ccc1OCC(=O)Nc1ccc2ccccc2c1. The van der Waals surface area contributed by atoms with E-state index in [2.05, 4.69) is 10.3 Å². The van der Waals surface area contributed by atoms with Crippen LogP contribution in [-0.2, 0) is 14.4 Å². The number of ether oxygens (including phenoxy) is 2. The molecule has 7 atom stereocenters. The number of benzene rings is 4. The highest BCUT2D eigenvalue weighted by Gasteiger charge is 2.69. The number of H-pyrrole nitrogens is 1. The van der Waals surface area contributed by atoms with Crippen LogP contribution in [0.4, 0.5) is 15.8 Å². The van der Waals surface area contributed by atoms with Crippen molar-refractivity contribution in [2.75, 3.05) is 23.4 Å². The summed E-state index contributed by atoms with van der Waals surface area (Å²) in [7, 11) is 0. The number of fused-ring (bicyclic) bond motifs is 10. The lowest BCUT2D eigenvalue weighted by Gasteiger charge is -2.43. The Kier molecular flexibility index (Phi) is 7.77. The number of thiazole rings is 1. The van der Waals surface area contributed by atoms with E-state index in [9.17, 15) is 23.6 Å². The minimum Gasteiger partial charge on any atom is -0.490 e. The minimum atomic E-state index is -0.482. The molecule has 3 fully saturated rings. The molecule has 0 radical (unpaired) electrons. The van der Waals surface area contributed by atoms with Crippen molar-refractivity contribution in [1.29, 1.82) is 0 Å². The molecule has 3 heterocycles. The van der Waals surface area contributed by atoms with Gasteiger partial charge in [0.1, 0.15) is 5.82 Å². The zero-order chi connectivity index (χ0) is 35.0. The summed E-state index contributed by atoms with van der Waals surface area (Å²) in [6.07, 6.45) is 0.744. The van der Waals surface area contributed by atoms with Crippen molar-refractivity contribution >= 4 is 63.0 Å². The minimum absolute atomic E-state index is 0.00851. The molecule has 6 unspecified atom stereocenters.